The van der Waals surface area contributed by atoms with Crippen molar-refractivity contribution in [2.45, 2.75) is 97.3 Å². The van der Waals surface area contributed by atoms with E-state index in [9.17, 15) is 15.0 Å². The van der Waals surface area contributed by atoms with Crippen LogP contribution >= 0.6 is 0 Å². The smallest absolute Gasteiger partial charge is 0.161 e. The van der Waals surface area contributed by atoms with Crippen molar-refractivity contribution >= 4 is 5.78 Å². The molecule has 0 aliphatic carbocycles. The van der Waals surface area contributed by atoms with Crippen LogP contribution in [0.1, 0.15) is 95.6 Å². The zero-order chi connectivity index (χ0) is 18.5. The highest BCUT2D eigenvalue weighted by Crippen LogP contribution is 2.31. The van der Waals surface area contributed by atoms with Gasteiger partial charge in [-0.2, -0.15) is 0 Å². The number of carbonyl (C=O) groups is 1. The fourth-order valence-corrected chi connectivity index (χ4v) is 3.16. The lowest BCUT2D eigenvalue weighted by Crippen LogP contribution is -2.03. The Labute approximate surface area is 153 Å². The second-order valence-electron chi connectivity index (χ2n) is 7.17. The molecule has 0 heterocycles. The van der Waals surface area contributed by atoms with E-state index in [4.69, 9.17) is 0 Å². The van der Waals surface area contributed by atoms with E-state index in [-0.39, 0.29) is 23.7 Å². The van der Waals surface area contributed by atoms with Crippen molar-refractivity contribution in [1.29, 1.82) is 0 Å². The minimum absolute atomic E-state index is 0.108. The first kappa shape index (κ1) is 21.5. The molecule has 0 aliphatic rings. The van der Waals surface area contributed by atoms with Crippen LogP contribution < -0.4 is 0 Å². The SMILES string of the molecule is CCCCCCCCCCC(=O)Cc1cc(CCCC)cc(O)c1O. The topological polar surface area (TPSA) is 57.5 Å². The molecular weight excluding hydrogens is 312 g/mol. The monoisotopic (exact) mass is 348 g/mol. The highest BCUT2D eigenvalue weighted by Gasteiger charge is 2.13. The van der Waals surface area contributed by atoms with Gasteiger partial charge in [-0.1, -0.05) is 71.3 Å². The van der Waals surface area contributed by atoms with Crippen LogP contribution in [-0.2, 0) is 17.6 Å². The summed E-state index contributed by atoms with van der Waals surface area (Å²) < 4.78 is 0. The summed E-state index contributed by atoms with van der Waals surface area (Å²) in [6, 6.07) is 3.48. The van der Waals surface area contributed by atoms with E-state index in [0.29, 0.717) is 12.0 Å². The van der Waals surface area contributed by atoms with Crippen LogP contribution in [0.4, 0.5) is 0 Å². The highest BCUT2D eigenvalue weighted by molar-refractivity contribution is 5.81. The maximum absolute atomic E-state index is 12.2. The second-order valence-corrected chi connectivity index (χ2v) is 7.17. The molecule has 0 fully saturated rings. The number of unbranched alkanes of at least 4 members (excludes halogenated alkanes) is 8. The third-order valence-electron chi connectivity index (χ3n) is 4.74. The van der Waals surface area contributed by atoms with Crippen LogP contribution in [0.5, 0.6) is 11.5 Å². The summed E-state index contributed by atoms with van der Waals surface area (Å²) in [5.41, 5.74) is 1.56. The Bertz CT molecular complexity index is 508. The van der Waals surface area contributed by atoms with Crippen LogP contribution in [-0.4, -0.2) is 16.0 Å². The average molecular weight is 349 g/mol. The predicted molar refractivity (Wildman–Crippen MR) is 104 cm³/mol. The lowest BCUT2D eigenvalue weighted by Gasteiger charge is -2.09. The van der Waals surface area contributed by atoms with E-state index in [1.165, 1.54) is 38.5 Å². The van der Waals surface area contributed by atoms with E-state index in [1.807, 2.05) is 6.07 Å². The Morgan fingerprint density at radius 1 is 0.840 bits per heavy atom. The maximum Gasteiger partial charge on any atom is 0.161 e. The number of rotatable bonds is 14. The first-order valence-corrected chi connectivity index (χ1v) is 10.1. The van der Waals surface area contributed by atoms with Gasteiger partial charge in [0.2, 0.25) is 0 Å². The molecule has 0 spiro atoms. The van der Waals surface area contributed by atoms with E-state index in [0.717, 1.165) is 37.7 Å². The summed E-state index contributed by atoms with van der Waals surface area (Å²) in [6.45, 7) is 4.34. The summed E-state index contributed by atoms with van der Waals surface area (Å²) in [5.74, 6) is -0.0960. The minimum Gasteiger partial charge on any atom is -0.504 e. The van der Waals surface area contributed by atoms with Gasteiger partial charge in [0.1, 0.15) is 5.78 Å². The highest BCUT2D eigenvalue weighted by atomic mass is 16.3. The van der Waals surface area contributed by atoms with Crippen LogP contribution in [0.3, 0.4) is 0 Å². The van der Waals surface area contributed by atoms with Crippen molar-refractivity contribution in [3.8, 4) is 11.5 Å². The fourth-order valence-electron chi connectivity index (χ4n) is 3.16. The molecule has 0 aromatic heterocycles. The molecule has 0 radical (unpaired) electrons. The maximum atomic E-state index is 12.2. The van der Waals surface area contributed by atoms with Gasteiger partial charge >= 0.3 is 0 Å². The molecule has 3 heteroatoms. The standard InChI is InChI=1S/C22H36O3/c1-3-5-7-8-9-10-11-12-14-20(23)17-19-15-18(13-6-4-2)16-21(24)22(19)25/h15-16,24-25H,3-14,17H2,1-2H3. The van der Waals surface area contributed by atoms with Gasteiger partial charge in [0.05, 0.1) is 0 Å². The summed E-state index contributed by atoms with van der Waals surface area (Å²) in [7, 11) is 0. The molecule has 1 rings (SSSR count). The zero-order valence-corrected chi connectivity index (χ0v) is 16.1. The van der Waals surface area contributed by atoms with Gasteiger partial charge in [0.15, 0.2) is 11.5 Å². The van der Waals surface area contributed by atoms with Crippen LogP contribution in [0.2, 0.25) is 0 Å². The molecule has 0 atom stereocenters. The Balaban J connectivity index is 2.35. The number of ketones is 1. The van der Waals surface area contributed by atoms with Crippen molar-refractivity contribution < 1.29 is 15.0 Å². The molecule has 25 heavy (non-hydrogen) atoms. The first-order chi connectivity index (χ1) is 12.1. The molecule has 2 N–H and O–H groups in total. The zero-order valence-electron chi connectivity index (χ0n) is 16.1. The third-order valence-corrected chi connectivity index (χ3v) is 4.74. The van der Waals surface area contributed by atoms with E-state index < -0.39 is 0 Å². The van der Waals surface area contributed by atoms with Gasteiger partial charge in [-0.15, -0.1) is 0 Å². The second kappa shape index (κ2) is 12.8. The van der Waals surface area contributed by atoms with Crippen LogP contribution in [0, 0.1) is 0 Å². The van der Waals surface area contributed by atoms with Gasteiger partial charge in [-0.25, -0.2) is 0 Å². The summed E-state index contributed by atoms with van der Waals surface area (Å²) in [6.07, 6.45) is 13.5. The van der Waals surface area contributed by atoms with Crippen LogP contribution in [0.25, 0.3) is 0 Å². The molecule has 0 bridgehead atoms. The van der Waals surface area contributed by atoms with Crippen LogP contribution in [0.15, 0.2) is 12.1 Å². The number of phenolic OH excluding ortho intramolecular Hbond substituents is 2. The first-order valence-electron chi connectivity index (χ1n) is 10.1. The van der Waals surface area contributed by atoms with E-state index >= 15 is 0 Å². The lowest BCUT2D eigenvalue weighted by atomic mass is 9.98. The van der Waals surface area contributed by atoms with E-state index in [1.54, 1.807) is 6.07 Å². The van der Waals surface area contributed by atoms with Gasteiger partial charge in [-0.3, -0.25) is 4.79 Å². The summed E-state index contributed by atoms with van der Waals surface area (Å²) in [5, 5.41) is 19.9. The number of aromatic hydroxyl groups is 2. The Morgan fingerprint density at radius 2 is 1.44 bits per heavy atom. The molecule has 0 unspecified atom stereocenters. The average Bonchev–Trinajstić information content (AvgIpc) is 2.59. The molecule has 0 saturated heterocycles. The number of hydrogen-bond donors (Lipinski definition) is 2. The van der Waals surface area contributed by atoms with E-state index in [2.05, 4.69) is 13.8 Å². The quantitative estimate of drug-likeness (QED) is 0.316. The van der Waals surface area contributed by atoms with Crippen molar-refractivity contribution in [2.75, 3.05) is 0 Å². The molecule has 0 amide bonds. The Hall–Kier alpha value is -1.51. The Morgan fingerprint density at radius 3 is 2.08 bits per heavy atom. The van der Waals surface area contributed by atoms with Gasteiger partial charge < -0.3 is 10.2 Å². The van der Waals surface area contributed by atoms with Gasteiger partial charge in [0.25, 0.3) is 0 Å². The lowest BCUT2D eigenvalue weighted by molar-refractivity contribution is -0.118. The van der Waals surface area contributed by atoms with Gasteiger partial charge in [0, 0.05) is 18.4 Å². The normalized spacial score (nSPS) is 11.0. The molecule has 0 saturated carbocycles. The number of carbonyl (C=O) groups excluding carboxylic acids is 1. The fraction of sp³-hybridized carbons (Fsp3) is 0.682. The molecule has 3 nitrogen and oxygen atoms in total. The number of aryl methyl sites for hydroxylation is 1. The number of hydrogen-bond acceptors (Lipinski definition) is 3. The molecule has 1 aromatic carbocycles. The third kappa shape index (κ3) is 8.94. The van der Waals surface area contributed by atoms with Crippen molar-refractivity contribution in [3.63, 3.8) is 0 Å². The van der Waals surface area contributed by atoms with Gasteiger partial charge in [-0.05, 0) is 30.9 Å². The number of benzene rings is 1. The molecule has 1 aromatic rings. The molecule has 0 aliphatic heterocycles. The van der Waals surface area contributed by atoms with Crippen molar-refractivity contribution in [1.82, 2.24) is 0 Å². The number of Topliss-reactive ketones (excluding diaryl/α,β-unsaturated/α-hetero) is 1. The van der Waals surface area contributed by atoms with Crippen molar-refractivity contribution in [2.24, 2.45) is 0 Å². The largest absolute Gasteiger partial charge is 0.504 e. The minimum atomic E-state index is -0.135. The summed E-state index contributed by atoms with van der Waals surface area (Å²) in [4.78, 5) is 12.2. The Kier molecular flexibility index (Phi) is 11.0. The molecular formula is C22H36O3. The predicted octanol–water partition coefficient (Wildman–Crippen LogP) is 6.08. The van der Waals surface area contributed by atoms with Crippen molar-refractivity contribution in [3.05, 3.63) is 23.3 Å². The molecule has 142 valence electrons. The number of phenols is 2. The summed E-state index contributed by atoms with van der Waals surface area (Å²) >= 11 is 0.